The first-order chi connectivity index (χ1) is 10.5. The molecule has 3 rings (SSSR count). The molecule has 2 amide bonds. The molecule has 1 aliphatic heterocycles. The molecule has 1 aliphatic rings. The first kappa shape index (κ1) is 14.1. The van der Waals surface area contributed by atoms with E-state index in [1.54, 1.807) is 12.1 Å². The van der Waals surface area contributed by atoms with E-state index in [1.807, 2.05) is 0 Å². The highest BCUT2D eigenvalue weighted by Crippen LogP contribution is 2.27. The lowest BCUT2D eigenvalue weighted by Crippen LogP contribution is -2.34. The van der Waals surface area contributed by atoms with Crippen molar-refractivity contribution >= 4 is 23.2 Å². The van der Waals surface area contributed by atoms with Crippen molar-refractivity contribution in [1.82, 2.24) is 0 Å². The summed E-state index contributed by atoms with van der Waals surface area (Å²) >= 11 is 0. The predicted octanol–water partition coefficient (Wildman–Crippen LogP) is 2.28. The van der Waals surface area contributed by atoms with Gasteiger partial charge in [-0.05, 0) is 36.4 Å². The minimum absolute atomic E-state index is 0.00582. The van der Waals surface area contributed by atoms with E-state index in [0.29, 0.717) is 11.4 Å². The van der Waals surface area contributed by atoms with E-state index in [9.17, 15) is 19.1 Å². The number of rotatable bonds is 3. The third-order valence-electron chi connectivity index (χ3n) is 3.42. The lowest BCUT2D eigenvalue weighted by atomic mass is 10.2. The van der Waals surface area contributed by atoms with Crippen molar-refractivity contribution in [3.63, 3.8) is 0 Å². The molecule has 0 aliphatic carbocycles. The van der Waals surface area contributed by atoms with Crippen LogP contribution >= 0.6 is 0 Å². The topological polar surface area (TPSA) is 69.6 Å². The minimum atomic E-state index is -0.708. The van der Waals surface area contributed by atoms with E-state index in [0.717, 1.165) is 4.90 Å². The Hall–Kier alpha value is -2.89. The molecule has 0 saturated carbocycles. The van der Waals surface area contributed by atoms with Crippen LogP contribution in [-0.2, 0) is 9.59 Å². The predicted molar refractivity (Wildman–Crippen MR) is 79.0 cm³/mol. The number of carbonyl (C=O) groups excluding carboxylic acids is 2. The standard InChI is InChI=1S/C16H13FN2O3/c17-10-4-6-11(7-5-10)18-14-9-15(21)19(16(14)22)12-2-1-3-13(20)8-12/h1-8,14,18,20H,9H2. The second kappa shape index (κ2) is 5.48. The van der Waals surface area contributed by atoms with Crippen molar-refractivity contribution < 1.29 is 19.1 Å². The molecule has 112 valence electrons. The van der Waals surface area contributed by atoms with E-state index in [4.69, 9.17) is 0 Å². The van der Waals surface area contributed by atoms with Crippen LogP contribution in [0.15, 0.2) is 48.5 Å². The fraction of sp³-hybridized carbons (Fsp3) is 0.125. The Morgan fingerprint density at radius 2 is 1.86 bits per heavy atom. The number of imide groups is 1. The fourth-order valence-electron chi connectivity index (χ4n) is 2.40. The van der Waals surface area contributed by atoms with E-state index in [1.165, 1.54) is 36.4 Å². The quantitative estimate of drug-likeness (QED) is 0.853. The Morgan fingerprint density at radius 3 is 2.55 bits per heavy atom. The van der Waals surface area contributed by atoms with Gasteiger partial charge in [0.25, 0.3) is 5.91 Å². The number of halogens is 1. The average molecular weight is 300 g/mol. The fourth-order valence-corrected chi connectivity index (χ4v) is 2.40. The lowest BCUT2D eigenvalue weighted by Gasteiger charge is -2.16. The highest BCUT2D eigenvalue weighted by atomic mass is 19.1. The van der Waals surface area contributed by atoms with Crippen LogP contribution < -0.4 is 10.2 Å². The summed E-state index contributed by atoms with van der Waals surface area (Å²) in [5.74, 6) is -1.15. The lowest BCUT2D eigenvalue weighted by molar-refractivity contribution is -0.121. The Morgan fingerprint density at radius 1 is 1.14 bits per heavy atom. The molecule has 2 aromatic rings. The summed E-state index contributed by atoms with van der Waals surface area (Å²) < 4.78 is 12.9. The van der Waals surface area contributed by atoms with Crippen molar-refractivity contribution in [2.24, 2.45) is 0 Å². The molecule has 6 heteroatoms. The van der Waals surface area contributed by atoms with Crippen LogP contribution in [0.5, 0.6) is 5.75 Å². The van der Waals surface area contributed by atoms with Gasteiger partial charge in [0.15, 0.2) is 0 Å². The molecular weight excluding hydrogens is 287 g/mol. The van der Waals surface area contributed by atoms with Gasteiger partial charge >= 0.3 is 0 Å². The normalized spacial score (nSPS) is 17.9. The smallest absolute Gasteiger partial charge is 0.256 e. The highest BCUT2D eigenvalue weighted by molar-refractivity contribution is 6.23. The number of amides is 2. The molecule has 0 bridgehead atoms. The Labute approximate surface area is 126 Å². The number of carbonyl (C=O) groups is 2. The number of nitrogens with one attached hydrogen (secondary N) is 1. The van der Waals surface area contributed by atoms with E-state index >= 15 is 0 Å². The summed E-state index contributed by atoms with van der Waals surface area (Å²) in [6.45, 7) is 0. The maximum atomic E-state index is 12.9. The first-order valence-electron chi connectivity index (χ1n) is 6.72. The maximum absolute atomic E-state index is 12.9. The van der Waals surface area contributed by atoms with Crippen molar-refractivity contribution in [2.75, 3.05) is 10.2 Å². The van der Waals surface area contributed by atoms with Crippen LogP contribution in [-0.4, -0.2) is 23.0 Å². The van der Waals surface area contributed by atoms with Crippen LogP contribution in [0.1, 0.15) is 6.42 Å². The molecule has 1 atom stereocenters. The molecule has 1 heterocycles. The molecule has 0 aromatic heterocycles. The summed E-state index contributed by atoms with van der Waals surface area (Å²) in [6.07, 6.45) is 0.00582. The highest BCUT2D eigenvalue weighted by Gasteiger charge is 2.39. The number of phenolic OH excluding ortho intramolecular Hbond substituents is 1. The van der Waals surface area contributed by atoms with Crippen LogP contribution in [0.2, 0.25) is 0 Å². The van der Waals surface area contributed by atoms with Crippen LogP contribution in [0.4, 0.5) is 15.8 Å². The molecule has 2 aromatic carbocycles. The second-order valence-corrected chi connectivity index (χ2v) is 5.00. The van der Waals surface area contributed by atoms with Gasteiger partial charge in [0.2, 0.25) is 5.91 Å². The molecule has 2 N–H and O–H groups in total. The number of benzene rings is 2. The number of phenols is 1. The minimum Gasteiger partial charge on any atom is -0.508 e. The molecule has 22 heavy (non-hydrogen) atoms. The molecule has 5 nitrogen and oxygen atoms in total. The monoisotopic (exact) mass is 300 g/mol. The number of nitrogens with zero attached hydrogens (tertiary/aromatic N) is 1. The van der Waals surface area contributed by atoms with E-state index in [-0.39, 0.29) is 23.9 Å². The summed E-state index contributed by atoms with van der Waals surface area (Å²) in [5.41, 5.74) is 0.892. The summed E-state index contributed by atoms with van der Waals surface area (Å²) in [5, 5.41) is 12.4. The second-order valence-electron chi connectivity index (χ2n) is 5.00. The van der Waals surface area contributed by atoms with Gasteiger partial charge in [0, 0.05) is 11.8 Å². The zero-order valence-corrected chi connectivity index (χ0v) is 11.5. The largest absolute Gasteiger partial charge is 0.508 e. The number of aromatic hydroxyl groups is 1. The molecule has 1 saturated heterocycles. The third-order valence-corrected chi connectivity index (χ3v) is 3.42. The zero-order chi connectivity index (χ0) is 15.7. The Kier molecular flexibility index (Phi) is 3.50. The SMILES string of the molecule is O=C1CC(Nc2ccc(F)cc2)C(=O)N1c1cccc(O)c1. The van der Waals surface area contributed by atoms with Crippen molar-refractivity contribution in [3.8, 4) is 5.75 Å². The summed E-state index contributed by atoms with van der Waals surface area (Å²) in [6, 6.07) is 10.8. The van der Waals surface area contributed by atoms with Gasteiger partial charge in [0.05, 0.1) is 12.1 Å². The molecule has 1 fully saturated rings. The van der Waals surface area contributed by atoms with Crippen LogP contribution in [0.25, 0.3) is 0 Å². The number of anilines is 2. The van der Waals surface area contributed by atoms with Gasteiger partial charge in [-0.2, -0.15) is 0 Å². The molecular formula is C16H13FN2O3. The Balaban J connectivity index is 1.81. The van der Waals surface area contributed by atoms with Gasteiger partial charge in [-0.3, -0.25) is 9.59 Å². The van der Waals surface area contributed by atoms with Gasteiger partial charge < -0.3 is 10.4 Å². The van der Waals surface area contributed by atoms with E-state index < -0.39 is 11.9 Å². The molecule has 0 radical (unpaired) electrons. The van der Waals surface area contributed by atoms with Gasteiger partial charge in [-0.15, -0.1) is 0 Å². The average Bonchev–Trinajstić information content (AvgIpc) is 2.76. The third kappa shape index (κ3) is 2.63. The Bertz CT molecular complexity index is 730. The summed E-state index contributed by atoms with van der Waals surface area (Å²) in [4.78, 5) is 25.5. The zero-order valence-electron chi connectivity index (χ0n) is 11.5. The molecule has 1 unspecified atom stereocenters. The van der Waals surface area contributed by atoms with Gasteiger partial charge in [0.1, 0.15) is 17.6 Å². The van der Waals surface area contributed by atoms with Crippen LogP contribution in [0.3, 0.4) is 0 Å². The first-order valence-corrected chi connectivity index (χ1v) is 6.72. The van der Waals surface area contributed by atoms with Crippen LogP contribution in [0, 0.1) is 5.82 Å². The van der Waals surface area contributed by atoms with E-state index in [2.05, 4.69) is 5.32 Å². The summed E-state index contributed by atoms with van der Waals surface area (Å²) in [7, 11) is 0. The van der Waals surface area contributed by atoms with Gasteiger partial charge in [-0.1, -0.05) is 6.07 Å². The molecule has 0 spiro atoms. The maximum Gasteiger partial charge on any atom is 0.256 e. The van der Waals surface area contributed by atoms with Gasteiger partial charge in [-0.25, -0.2) is 9.29 Å². The van der Waals surface area contributed by atoms with Crippen molar-refractivity contribution in [1.29, 1.82) is 0 Å². The van der Waals surface area contributed by atoms with Crippen molar-refractivity contribution in [3.05, 3.63) is 54.3 Å². The number of hydrogen-bond donors (Lipinski definition) is 2. The van der Waals surface area contributed by atoms with Crippen molar-refractivity contribution in [2.45, 2.75) is 12.5 Å². The number of hydrogen-bond acceptors (Lipinski definition) is 4.